The van der Waals surface area contributed by atoms with E-state index in [4.69, 9.17) is 4.98 Å². The third-order valence-electron chi connectivity index (χ3n) is 4.26. The second-order valence-corrected chi connectivity index (χ2v) is 8.01. The smallest absolute Gasteiger partial charge is 0.0957 e. The molecular weight excluding hydrogens is 268 g/mol. The lowest BCUT2D eigenvalue weighted by molar-refractivity contribution is 0.0257. The molecule has 2 rings (SSSR count). The first kappa shape index (κ1) is 15.9. The van der Waals surface area contributed by atoms with E-state index >= 15 is 0 Å². The molecule has 1 aromatic heterocycles. The van der Waals surface area contributed by atoms with Crippen LogP contribution >= 0.6 is 11.3 Å². The first-order chi connectivity index (χ1) is 9.32. The van der Waals surface area contributed by atoms with Crippen LogP contribution in [-0.4, -0.2) is 40.2 Å². The van der Waals surface area contributed by atoms with E-state index in [2.05, 4.69) is 38.0 Å². The van der Waals surface area contributed by atoms with Crippen LogP contribution in [0.1, 0.15) is 57.7 Å². The van der Waals surface area contributed by atoms with Crippen LogP contribution in [0.4, 0.5) is 0 Å². The van der Waals surface area contributed by atoms with Crippen molar-refractivity contribution in [2.24, 2.45) is 0 Å². The minimum atomic E-state index is -0.559. The Morgan fingerprint density at radius 1 is 1.35 bits per heavy atom. The quantitative estimate of drug-likeness (QED) is 0.930. The van der Waals surface area contributed by atoms with Crippen molar-refractivity contribution in [2.45, 2.75) is 64.4 Å². The van der Waals surface area contributed by atoms with Gasteiger partial charge in [-0.05, 0) is 32.4 Å². The van der Waals surface area contributed by atoms with Crippen molar-refractivity contribution in [3.63, 3.8) is 0 Å². The van der Waals surface area contributed by atoms with Crippen molar-refractivity contribution in [2.75, 3.05) is 19.6 Å². The number of aromatic nitrogens is 1. The highest BCUT2D eigenvalue weighted by Gasteiger charge is 2.31. The Balaban J connectivity index is 2.03. The normalized spacial score (nSPS) is 25.6. The molecule has 20 heavy (non-hydrogen) atoms. The maximum Gasteiger partial charge on any atom is 0.0957 e. The van der Waals surface area contributed by atoms with Crippen molar-refractivity contribution in [3.8, 4) is 0 Å². The van der Waals surface area contributed by atoms with E-state index < -0.39 is 5.60 Å². The Morgan fingerprint density at radius 2 is 2.10 bits per heavy atom. The lowest BCUT2D eigenvalue weighted by Crippen LogP contribution is -2.33. The molecule has 1 aromatic rings. The lowest BCUT2D eigenvalue weighted by atomic mass is 9.91. The SMILES string of the molecule is CCN1CCCC(O)(Cc2nc(C(C)(C)C)cs2)CC1. The number of hydrogen-bond acceptors (Lipinski definition) is 4. The van der Waals surface area contributed by atoms with Crippen LogP contribution in [0.2, 0.25) is 0 Å². The number of aliphatic hydroxyl groups is 1. The Morgan fingerprint density at radius 3 is 2.70 bits per heavy atom. The van der Waals surface area contributed by atoms with Gasteiger partial charge in [-0.15, -0.1) is 11.3 Å². The lowest BCUT2D eigenvalue weighted by Gasteiger charge is -2.26. The van der Waals surface area contributed by atoms with E-state index in [1.807, 2.05) is 0 Å². The van der Waals surface area contributed by atoms with Gasteiger partial charge in [0, 0.05) is 23.8 Å². The molecule has 1 atom stereocenters. The van der Waals surface area contributed by atoms with Crippen LogP contribution in [-0.2, 0) is 11.8 Å². The fourth-order valence-electron chi connectivity index (χ4n) is 2.75. The van der Waals surface area contributed by atoms with Gasteiger partial charge in [0.2, 0.25) is 0 Å². The Labute approximate surface area is 127 Å². The van der Waals surface area contributed by atoms with E-state index in [0.29, 0.717) is 6.42 Å². The maximum atomic E-state index is 10.9. The van der Waals surface area contributed by atoms with Crippen molar-refractivity contribution in [1.82, 2.24) is 9.88 Å². The molecule has 1 saturated heterocycles. The third kappa shape index (κ3) is 4.03. The molecule has 1 aliphatic rings. The molecule has 114 valence electrons. The first-order valence-electron chi connectivity index (χ1n) is 7.72. The van der Waals surface area contributed by atoms with Gasteiger partial charge in [-0.25, -0.2) is 4.98 Å². The summed E-state index contributed by atoms with van der Waals surface area (Å²) in [5.41, 5.74) is 0.682. The molecule has 1 fully saturated rings. The van der Waals surface area contributed by atoms with Crippen molar-refractivity contribution in [3.05, 3.63) is 16.1 Å². The highest BCUT2D eigenvalue weighted by Crippen LogP contribution is 2.30. The number of rotatable bonds is 3. The Hall–Kier alpha value is -0.450. The molecule has 0 saturated carbocycles. The summed E-state index contributed by atoms with van der Waals surface area (Å²) in [7, 11) is 0. The van der Waals surface area contributed by atoms with Crippen molar-refractivity contribution >= 4 is 11.3 Å². The van der Waals surface area contributed by atoms with Gasteiger partial charge in [0.25, 0.3) is 0 Å². The number of thiazole rings is 1. The highest BCUT2D eigenvalue weighted by atomic mass is 32.1. The van der Waals surface area contributed by atoms with E-state index in [-0.39, 0.29) is 5.41 Å². The molecule has 0 spiro atoms. The standard InChI is InChI=1S/C16H28N2OS/c1-5-18-9-6-7-16(19,8-10-18)11-14-17-13(12-20-14)15(2,3)4/h12,19H,5-11H2,1-4H3. The molecule has 0 aromatic carbocycles. The first-order valence-corrected chi connectivity index (χ1v) is 8.60. The molecule has 0 amide bonds. The minimum absolute atomic E-state index is 0.0971. The summed E-state index contributed by atoms with van der Waals surface area (Å²) >= 11 is 1.70. The number of hydrogen-bond donors (Lipinski definition) is 1. The summed E-state index contributed by atoms with van der Waals surface area (Å²) in [6.45, 7) is 12.0. The fraction of sp³-hybridized carbons (Fsp3) is 0.812. The van der Waals surface area contributed by atoms with Gasteiger partial charge in [-0.2, -0.15) is 0 Å². The summed E-state index contributed by atoms with van der Waals surface area (Å²) in [6.07, 6.45) is 3.56. The number of likely N-dealkylation sites (tertiary alicyclic amines) is 1. The molecule has 0 aliphatic carbocycles. The monoisotopic (exact) mass is 296 g/mol. The molecule has 0 bridgehead atoms. The molecule has 3 nitrogen and oxygen atoms in total. The van der Waals surface area contributed by atoms with Gasteiger partial charge in [0.15, 0.2) is 0 Å². The topological polar surface area (TPSA) is 36.4 Å². The average molecular weight is 296 g/mol. The zero-order chi connectivity index (χ0) is 14.8. The predicted octanol–water partition coefficient (Wildman–Crippen LogP) is 3.22. The molecule has 1 aliphatic heterocycles. The zero-order valence-electron chi connectivity index (χ0n) is 13.3. The highest BCUT2D eigenvalue weighted by molar-refractivity contribution is 7.09. The molecular formula is C16H28N2OS. The van der Waals surface area contributed by atoms with Gasteiger partial charge in [-0.1, -0.05) is 27.7 Å². The van der Waals surface area contributed by atoms with Gasteiger partial charge in [-0.3, -0.25) is 0 Å². The van der Waals surface area contributed by atoms with Crippen LogP contribution in [0.15, 0.2) is 5.38 Å². The summed E-state index contributed by atoms with van der Waals surface area (Å²) < 4.78 is 0. The van der Waals surface area contributed by atoms with Gasteiger partial charge >= 0.3 is 0 Å². The average Bonchev–Trinajstić information content (AvgIpc) is 2.73. The second-order valence-electron chi connectivity index (χ2n) is 7.07. The predicted molar refractivity (Wildman–Crippen MR) is 85.4 cm³/mol. The van der Waals surface area contributed by atoms with Gasteiger partial charge in [0.1, 0.15) is 0 Å². The molecule has 1 N–H and O–H groups in total. The molecule has 2 heterocycles. The largest absolute Gasteiger partial charge is 0.389 e. The second kappa shape index (κ2) is 6.12. The fourth-order valence-corrected chi connectivity index (χ4v) is 3.90. The summed E-state index contributed by atoms with van der Waals surface area (Å²) in [4.78, 5) is 7.17. The number of nitrogens with zero attached hydrogens (tertiary/aromatic N) is 2. The molecule has 1 unspecified atom stereocenters. The third-order valence-corrected chi connectivity index (χ3v) is 5.11. The summed E-state index contributed by atoms with van der Waals surface area (Å²) in [5, 5.41) is 14.1. The van der Waals surface area contributed by atoms with E-state index in [1.54, 1.807) is 11.3 Å². The van der Waals surface area contributed by atoms with Crippen LogP contribution in [0.25, 0.3) is 0 Å². The minimum Gasteiger partial charge on any atom is -0.389 e. The Kier molecular flexibility index (Phi) is 4.88. The van der Waals surface area contributed by atoms with Gasteiger partial charge < -0.3 is 10.0 Å². The summed E-state index contributed by atoms with van der Waals surface area (Å²) in [6, 6.07) is 0. The van der Waals surface area contributed by atoms with E-state index in [1.165, 1.54) is 0 Å². The van der Waals surface area contributed by atoms with E-state index in [9.17, 15) is 5.11 Å². The van der Waals surface area contributed by atoms with E-state index in [0.717, 1.165) is 49.6 Å². The van der Waals surface area contributed by atoms with Crippen molar-refractivity contribution in [1.29, 1.82) is 0 Å². The van der Waals surface area contributed by atoms with Crippen LogP contribution in [0.3, 0.4) is 0 Å². The van der Waals surface area contributed by atoms with Crippen LogP contribution in [0.5, 0.6) is 0 Å². The summed E-state index contributed by atoms with van der Waals surface area (Å²) in [5.74, 6) is 0. The zero-order valence-corrected chi connectivity index (χ0v) is 14.1. The van der Waals surface area contributed by atoms with Crippen LogP contribution in [0, 0.1) is 0 Å². The molecule has 0 radical (unpaired) electrons. The maximum absolute atomic E-state index is 10.9. The Bertz CT molecular complexity index is 438. The van der Waals surface area contributed by atoms with Crippen LogP contribution < -0.4 is 0 Å². The van der Waals surface area contributed by atoms with Gasteiger partial charge in [0.05, 0.1) is 16.3 Å². The van der Waals surface area contributed by atoms with Crippen molar-refractivity contribution < 1.29 is 5.11 Å². The molecule has 4 heteroatoms.